The van der Waals surface area contributed by atoms with Crippen LogP contribution in [-0.4, -0.2) is 26.7 Å². The van der Waals surface area contributed by atoms with Crippen molar-refractivity contribution in [3.05, 3.63) is 53.6 Å². The number of carbonyl (C=O) groups excluding carboxylic acids is 1. The second-order valence-electron chi connectivity index (χ2n) is 5.17. The maximum Gasteiger partial charge on any atom is 0.266 e. The highest BCUT2D eigenvalue weighted by Crippen LogP contribution is 2.29. The molecule has 0 aliphatic rings. The van der Waals surface area contributed by atoms with Crippen molar-refractivity contribution in [2.75, 3.05) is 26.1 Å². The van der Waals surface area contributed by atoms with Crippen LogP contribution in [0.2, 0.25) is 0 Å². The fourth-order valence-electron chi connectivity index (χ4n) is 2.30. The van der Waals surface area contributed by atoms with Crippen LogP contribution in [0.3, 0.4) is 0 Å². The molecule has 0 heterocycles. The van der Waals surface area contributed by atoms with E-state index in [9.17, 15) is 10.1 Å². The monoisotopic (exact) mass is 352 g/mol. The van der Waals surface area contributed by atoms with Crippen molar-refractivity contribution in [2.45, 2.75) is 6.92 Å². The zero-order valence-corrected chi connectivity index (χ0v) is 14.9. The largest absolute Gasteiger partial charge is 0.493 e. The number of nitriles is 1. The highest BCUT2D eigenvalue weighted by Gasteiger charge is 2.13. The molecule has 2 aromatic carbocycles. The van der Waals surface area contributed by atoms with Gasteiger partial charge in [0.25, 0.3) is 5.91 Å². The molecule has 134 valence electrons. The smallest absolute Gasteiger partial charge is 0.266 e. The standard InChI is InChI=1S/C20H20N2O4/c1-4-26-17-8-6-5-7-16(17)22-20(23)15(13-21)11-14-9-10-18(24-2)19(12-14)25-3/h5-12H,4H2,1-3H3,(H,22,23)/b15-11+. The molecule has 0 aliphatic carbocycles. The normalized spacial score (nSPS) is 10.6. The molecule has 1 N–H and O–H groups in total. The lowest BCUT2D eigenvalue weighted by atomic mass is 10.1. The zero-order valence-electron chi connectivity index (χ0n) is 14.9. The molecule has 0 radical (unpaired) electrons. The third kappa shape index (κ3) is 4.54. The first-order valence-corrected chi connectivity index (χ1v) is 8.00. The predicted octanol–water partition coefficient (Wildman–Crippen LogP) is 3.65. The molecule has 0 saturated carbocycles. The molecule has 0 atom stereocenters. The van der Waals surface area contributed by atoms with Crippen LogP contribution < -0.4 is 19.5 Å². The van der Waals surface area contributed by atoms with Gasteiger partial charge in [-0.25, -0.2) is 0 Å². The van der Waals surface area contributed by atoms with Crippen LogP contribution in [-0.2, 0) is 4.79 Å². The van der Waals surface area contributed by atoms with E-state index in [4.69, 9.17) is 14.2 Å². The van der Waals surface area contributed by atoms with Gasteiger partial charge in [-0.1, -0.05) is 18.2 Å². The van der Waals surface area contributed by atoms with Gasteiger partial charge < -0.3 is 19.5 Å². The van der Waals surface area contributed by atoms with E-state index in [2.05, 4.69) is 5.32 Å². The van der Waals surface area contributed by atoms with Crippen molar-refractivity contribution in [3.8, 4) is 23.3 Å². The van der Waals surface area contributed by atoms with Gasteiger partial charge in [0.15, 0.2) is 11.5 Å². The first-order chi connectivity index (χ1) is 12.6. The Hall–Kier alpha value is -3.46. The Labute approximate surface area is 152 Å². The molecule has 0 spiro atoms. The van der Waals surface area contributed by atoms with E-state index in [-0.39, 0.29) is 5.57 Å². The summed E-state index contributed by atoms with van der Waals surface area (Å²) in [5.74, 6) is 1.11. The van der Waals surface area contributed by atoms with Crippen LogP contribution >= 0.6 is 0 Å². The van der Waals surface area contributed by atoms with Crippen LogP contribution in [0, 0.1) is 11.3 Å². The first-order valence-electron chi connectivity index (χ1n) is 8.00. The number of hydrogen-bond donors (Lipinski definition) is 1. The third-order valence-electron chi connectivity index (χ3n) is 3.52. The lowest BCUT2D eigenvalue weighted by Crippen LogP contribution is -2.14. The van der Waals surface area contributed by atoms with E-state index in [0.29, 0.717) is 35.1 Å². The molecule has 0 unspecified atom stereocenters. The predicted molar refractivity (Wildman–Crippen MR) is 99.4 cm³/mol. The van der Waals surface area contributed by atoms with Crippen molar-refractivity contribution in [3.63, 3.8) is 0 Å². The Kier molecular flexibility index (Phi) is 6.63. The highest BCUT2D eigenvalue weighted by atomic mass is 16.5. The van der Waals surface area contributed by atoms with Gasteiger partial charge in [-0.3, -0.25) is 4.79 Å². The fourth-order valence-corrected chi connectivity index (χ4v) is 2.30. The molecule has 2 aromatic rings. The lowest BCUT2D eigenvalue weighted by molar-refractivity contribution is -0.112. The second-order valence-corrected chi connectivity index (χ2v) is 5.17. The summed E-state index contributed by atoms with van der Waals surface area (Å²) in [6.45, 7) is 2.33. The molecule has 6 heteroatoms. The number of nitrogens with zero attached hydrogens (tertiary/aromatic N) is 1. The van der Waals surface area contributed by atoms with E-state index in [0.717, 1.165) is 0 Å². The van der Waals surface area contributed by atoms with Gasteiger partial charge in [-0.15, -0.1) is 0 Å². The first kappa shape index (κ1) is 18.9. The Morgan fingerprint density at radius 3 is 2.50 bits per heavy atom. The Bertz CT molecular complexity index is 853. The number of benzene rings is 2. The molecule has 0 fully saturated rings. The number of rotatable bonds is 7. The summed E-state index contributed by atoms with van der Waals surface area (Å²) in [7, 11) is 3.06. The quantitative estimate of drug-likeness (QED) is 0.608. The van der Waals surface area contributed by atoms with Crippen LogP contribution in [0.15, 0.2) is 48.0 Å². The highest BCUT2D eigenvalue weighted by molar-refractivity contribution is 6.10. The molecule has 0 aliphatic heterocycles. The Balaban J connectivity index is 2.27. The van der Waals surface area contributed by atoms with E-state index in [1.165, 1.54) is 20.3 Å². The van der Waals surface area contributed by atoms with Crippen molar-refractivity contribution in [2.24, 2.45) is 0 Å². The summed E-state index contributed by atoms with van der Waals surface area (Å²) in [5.41, 5.74) is 1.11. The van der Waals surface area contributed by atoms with Crippen LogP contribution in [0.5, 0.6) is 17.2 Å². The average molecular weight is 352 g/mol. The topological polar surface area (TPSA) is 80.6 Å². The third-order valence-corrected chi connectivity index (χ3v) is 3.52. The van der Waals surface area contributed by atoms with Gasteiger partial charge in [0, 0.05) is 0 Å². The van der Waals surface area contributed by atoms with Gasteiger partial charge >= 0.3 is 0 Å². The summed E-state index contributed by atoms with van der Waals surface area (Å²) in [4.78, 5) is 12.5. The lowest BCUT2D eigenvalue weighted by Gasteiger charge is -2.11. The van der Waals surface area contributed by atoms with Gasteiger partial charge in [0.1, 0.15) is 17.4 Å². The molecule has 0 saturated heterocycles. The number of carbonyl (C=O) groups is 1. The maximum absolute atomic E-state index is 12.5. The number of nitrogens with one attached hydrogen (secondary N) is 1. The van der Waals surface area contributed by atoms with E-state index in [1.54, 1.807) is 36.4 Å². The van der Waals surface area contributed by atoms with E-state index >= 15 is 0 Å². The van der Waals surface area contributed by atoms with Crippen LogP contribution in [0.1, 0.15) is 12.5 Å². The minimum Gasteiger partial charge on any atom is -0.493 e. The molecule has 2 rings (SSSR count). The van der Waals surface area contributed by atoms with Crippen molar-refractivity contribution >= 4 is 17.7 Å². The molecule has 6 nitrogen and oxygen atoms in total. The SMILES string of the molecule is CCOc1ccccc1NC(=O)/C(C#N)=C/c1ccc(OC)c(OC)c1. The minimum atomic E-state index is -0.519. The molecule has 26 heavy (non-hydrogen) atoms. The number of methoxy groups -OCH3 is 2. The summed E-state index contributed by atoms with van der Waals surface area (Å²) >= 11 is 0. The number of ether oxygens (including phenoxy) is 3. The number of amides is 1. The molecule has 0 aromatic heterocycles. The molecule has 1 amide bonds. The van der Waals surface area contributed by atoms with Gasteiger partial charge in [-0.2, -0.15) is 5.26 Å². The number of anilines is 1. The van der Waals surface area contributed by atoms with Gasteiger partial charge in [-0.05, 0) is 42.8 Å². The summed E-state index contributed by atoms with van der Waals surface area (Å²) < 4.78 is 15.9. The minimum absolute atomic E-state index is 0.0384. The number of hydrogen-bond acceptors (Lipinski definition) is 5. The van der Waals surface area contributed by atoms with Crippen molar-refractivity contribution < 1.29 is 19.0 Å². The van der Waals surface area contributed by atoms with Crippen molar-refractivity contribution in [1.29, 1.82) is 5.26 Å². The average Bonchev–Trinajstić information content (AvgIpc) is 2.67. The zero-order chi connectivity index (χ0) is 18.9. The Morgan fingerprint density at radius 2 is 1.85 bits per heavy atom. The fraction of sp³-hybridized carbons (Fsp3) is 0.200. The molecular formula is C20H20N2O4. The second kappa shape index (κ2) is 9.14. The van der Waals surface area contributed by atoms with Gasteiger partial charge in [0.05, 0.1) is 26.5 Å². The van der Waals surface area contributed by atoms with Crippen LogP contribution in [0.25, 0.3) is 6.08 Å². The van der Waals surface area contributed by atoms with Gasteiger partial charge in [0.2, 0.25) is 0 Å². The van der Waals surface area contributed by atoms with Crippen LogP contribution in [0.4, 0.5) is 5.69 Å². The maximum atomic E-state index is 12.5. The van der Waals surface area contributed by atoms with E-state index < -0.39 is 5.91 Å². The molecular weight excluding hydrogens is 332 g/mol. The Morgan fingerprint density at radius 1 is 1.12 bits per heavy atom. The van der Waals surface area contributed by atoms with Crippen molar-refractivity contribution in [1.82, 2.24) is 0 Å². The summed E-state index contributed by atoms with van der Waals surface area (Å²) in [6.07, 6.45) is 1.49. The summed E-state index contributed by atoms with van der Waals surface area (Å²) in [5, 5.41) is 12.1. The number of para-hydroxylation sites is 2. The summed E-state index contributed by atoms with van der Waals surface area (Å²) in [6, 6.07) is 14.1. The molecule has 0 bridgehead atoms. The van der Waals surface area contributed by atoms with E-state index in [1.807, 2.05) is 19.1 Å².